The van der Waals surface area contributed by atoms with Gasteiger partial charge in [0.1, 0.15) is 12.1 Å². The Balaban J connectivity index is 2.12. The lowest BCUT2D eigenvalue weighted by Gasteiger charge is -2.39. The molecule has 5 N–H and O–H groups in total. The van der Waals surface area contributed by atoms with Crippen LogP contribution in [0.25, 0.3) is 0 Å². The second-order valence-corrected chi connectivity index (χ2v) is 9.63. The molecule has 0 unspecified atom stereocenters. The lowest BCUT2D eigenvalue weighted by Crippen LogP contribution is -2.69. The quantitative estimate of drug-likeness (QED) is 0.262. The highest BCUT2D eigenvalue weighted by molar-refractivity contribution is 5.92. The topological polar surface area (TPSA) is 148 Å². The van der Waals surface area contributed by atoms with E-state index in [2.05, 4.69) is 10.6 Å². The lowest BCUT2D eigenvalue weighted by molar-refractivity contribution is -0.300. The van der Waals surface area contributed by atoms with Gasteiger partial charge >= 0.3 is 5.92 Å². The molecule has 1 saturated heterocycles. The van der Waals surface area contributed by atoms with Gasteiger partial charge in [0.05, 0.1) is 6.04 Å². The van der Waals surface area contributed by atoms with Crippen LogP contribution in [0.3, 0.4) is 0 Å². The summed E-state index contributed by atoms with van der Waals surface area (Å²) in [6, 6.07) is 4.89. The fraction of sp³-hybridized carbons (Fsp3) is 0.600. The number of hydrogen-bond acceptors (Lipinski definition) is 6. The van der Waals surface area contributed by atoms with E-state index in [-0.39, 0.29) is 25.9 Å². The van der Waals surface area contributed by atoms with Crippen LogP contribution < -0.4 is 16.0 Å². The Labute approximate surface area is 214 Å². The van der Waals surface area contributed by atoms with Crippen LogP contribution in [0.5, 0.6) is 0 Å². The summed E-state index contributed by atoms with van der Waals surface area (Å²) in [7, 11) is 0. The number of hydrogen-bond donors (Lipinski definition) is 5. The van der Waals surface area contributed by atoms with Crippen molar-refractivity contribution in [3.05, 3.63) is 35.9 Å². The van der Waals surface area contributed by atoms with E-state index in [9.17, 15) is 29.4 Å². The van der Waals surface area contributed by atoms with Gasteiger partial charge in [0.15, 0.2) is 0 Å². The van der Waals surface area contributed by atoms with Crippen molar-refractivity contribution in [2.24, 2.45) is 5.92 Å². The average molecular weight is 527 g/mol. The van der Waals surface area contributed by atoms with Crippen molar-refractivity contribution >= 4 is 23.6 Å². The Hall–Kier alpha value is -3.12. The molecular formula is C25H36F2N4O6. The maximum Gasteiger partial charge on any atom is 0.378 e. The molecule has 1 aromatic carbocycles. The number of nitrogens with zero attached hydrogens (tertiary/aromatic N) is 1. The number of benzene rings is 1. The Morgan fingerprint density at radius 3 is 2.27 bits per heavy atom. The average Bonchev–Trinajstić information content (AvgIpc) is 3.31. The molecule has 12 heteroatoms. The zero-order valence-corrected chi connectivity index (χ0v) is 21.5. The van der Waals surface area contributed by atoms with E-state index in [0.29, 0.717) is 6.42 Å². The SMILES string of the molecule is CC(=O)N[C@@H](C)C(=O)N1CCC[C@H]1C(=O)N[C@@H](C(C)C)C(O)(O)C(F)(F)C(=O)NCCc1ccccc1. The number of likely N-dealkylation sites (tertiary alicyclic amines) is 1. The van der Waals surface area contributed by atoms with Gasteiger partial charge in [-0.3, -0.25) is 19.2 Å². The van der Waals surface area contributed by atoms with E-state index < -0.39 is 59.4 Å². The molecule has 37 heavy (non-hydrogen) atoms. The van der Waals surface area contributed by atoms with Crippen molar-refractivity contribution in [2.75, 3.05) is 13.1 Å². The molecule has 0 bridgehead atoms. The van der Waals surface area contributed by atoms with E-state index >= 15 is 8.78 Å². The second kappa shape index (κ2) is 12.4. The molecule has 206 valence electrons. The van der Waals surface area contributed by atoms with E-state index in [1.807, 2.05) is 5.32 Å². The normalized spacial score (nSPS) is 17.8. The van der Waals surface area contributed by atoms with Crippen LogP contribution in [0.4, 0.5) is 8.78 Å². The first kappa shape index (κ1) is 30.1. The molecule has 1 fully saturated rings. The van der Waals surface area contributed by atoms with E-state index in [1.54, 1.807) is 30.3 Å². The summed E-state index contributed by atoms with van der Waals surface area (Å²) < 4.78 is 30.0. The number of carbonyl (C=O) groups excluding carboxylic acids is 4. The van der Waals surface area contributed by atoms with Gasteiger partial charge in [-0.05, 0) is 37.7 Å². The number of alkyl halides is 2. The number of aliphatic hydroxyl groups is 2. The minimum Gasteiger partial charge on any atom is -0.359 e. The van der Waals surface area contributed by atoms with Gasteiger partial charge in [0.25, 0.3) is 11.7 Å². The van der Waals surface area contributed by atoms with Crippen LogP contribution in [0.2, 0.25) is 0 Å². The number of rotatable bonds is 11. The molecule has 3 atom stereocenters. The predicted molar refractivity (Wildman–Crippen MR) is 130 cm³/mol. The lowest BCUT2D eigenvalue weighted by atomic mass is 9.89. The first-order valence-corrected chi connectivity index (χ1v) is 12.2. The van der Waals surface area contributed by atoms with Gasteiger partial charge < -0.3 is 31.1 Å². The highest BCUT2D eigenvalue weighted by atomic mass is 19.3. The zero-order valence-electron chi connectivity index (χ0n) is 21.5. The molecule has 4 amide bonds. The maximum atomic E-state index is 15.0. The molecule has 0 radical (unpaired) electrons. The Morgan fingerprint density at radius 1 is 1.08 bits per heavy atom. The monoisotopic (exact) mass is 526 g/mol. The number of amides is 4. The molecule has 1 aliphatic rings. The molecular weight excluding hydrogens is 490 g/mol. The molecule has 1 aliphatic heterocycles. The summed E-state index contributed by atoms with van der Waals surface area (Å²) in [6.07, 6.45) is 0.918. The van der Waals surface area contributed by atoms with E-state index in [0.717, 1.165) is 5.56 Å². The largest absolute Gasteiger partial charge is 0.378 e. The van der Waals surface area contributed by atoms with Crippen molar-refractivity contribution < 1.29 is 38.2 Å². The van der Waals surface area contributed by atoms with E-state index in [1.165, 1.54) is 32.6 Å². The third kappa shape index (κ3) is 7.22. The summed E-state index contributed by atoms with van der Waals surface area (Å²) in [5, 5.41) is 27.7. The van der Waals surface area contributed by atoms with Gasteiger partial charge in [0.2, 0.25) is 17.7 Å². The van der Waals surface area contributed by atoms with E-state index in [4.69, 9.17) is 0 Å². The Morgan fingerprint density at radius 2 is 1.70 bits per heavy atom. The highest BCUT2D eigenvalue weighted by Crippen LogP contribution is 2.33. The van der Waals surface area contributed by atoms with Crippen LogP contribution in [0.1, 0.15) is 46.1 Å². The fourth-order valence-corrected chi connectivity index (χ4v) is 4.34. The highest BCUT2D eigenvalue weighted by Gasteiger charge is 2.63. The second-order valence-electron chi connectivity index (χ2n) is 9.63. The molecule has 1 aromatic rings. The third-order valence-electron chi connectivity index (χ3n) is 6.32. The summed E-state index contributed by atoms with van der Waals surface area (Å²) in [5.74, 6) is -13.2. The van der Waals surface area contributed by atoms with Gasteiger partial charge in [-0.2, -0.15) is 8.78 Å². The van der Waals surface area contributed by atoms with Crippen molar-refractivity contribution in [2.45, 2.75) is 76.8 Å². The smallest absolute Gasteiger partial charge is 0.359 e. The number of carbonyl (C=O) groups is 4. The molecule has 1 heterocycles. The van der Waals surface area contributed by atoms with Crippen LogP contribution in [0, 0.1) is 5.92 Å². The fourth-order valence-electron chi connectivity index (χ4n) is 4.34. The molecule has 10 nitrogen and oxygen atoms in total. The molecule has 2 rings (SSSR count). The minimum absolute atomic E-state index is 0.168. The van der Waals surface area contributed by atoms with Crippen LogP contribution in [-0.4, -0.2) is 81.7 Å². The van der Waals surface area contributed by atoms with Crippen LogP contribution >= 0.6 is 0 Å². The zero-order chi connectivity index (χ0) is 28.0. The van der Waals surface area contributed by atoms with Crippen molar-refractivity contribution in [1.29, 1.82) is 0 Å². The Kier molecular flexibility index (Phi) is 10.1. The van der Waals surface area contributed by atoms with Gasteiger partial charge in [-0.25, -0.2) is 0 Å². The standard InChI is InChI=1S/C25H36F2N4O6/c1-15(2)20(30-21(33)19-11-8-14-31(19)22(34)16(3)29-17(4)32)25(36,37)24(26,27)23(35)28-13-12-18-9-6-5-7-10-18/h5-7,9-10,15-16,19-20,36-37H,8,11-14H2,1-4H3,(H,28,35)(H,29,32)(H,30,33)/t16-,19-,20-/m0/s1. The Bertz CT molecular complexity index is 973. The molecule has 0 aliphatic carbocycles. The third-order valence-corrected chi connectivity index (χ3v) is 6.32. The van der Waals surface area contributed by atoms with Gasteiger partial charge in [-0.1, -0.05) is 44.2 Å². The first-order chi connectivity index (χ1) is 17.2. The van der Waals surface area contributed by atoms with Crippen LogP contribution in [-0.2, 0) is 25.6 Å². The van der Waals surface area contributed by atoms with Gasteiger partial charge in [-0.15, -0.1) is 0 Å². The first-order valence-electron chi connectivity index (χ1n) is 12.2. The minimum atomic E-state index is -4.67. The maximum absolute atomic E-state index is 15.0. The number of halogens is 2. The summed E-state index contributed by atoms with van der Waals surface area (Å²) in [4.78, 5) is 50.6. The van der Waals surface area contributed by atoms with Gasteiger partial charge in [0, 0.05) is 20.0 Å². The molecule has 0 aromatic heterocycles. The number of nitrogens with one attached hydrogen (secondary N) is 3. The van der Waals surface area contributed by atoms with Crippen LogP contribution in [0.15, 0.2) is 30.3 Å². The van der Waals surface area contributed by atoms with Crippen molar-refractivity contribution in [1.82, 2.24) is 20.9 Å². The molecule has 0 saturated carbocycles. The van der Waals surface area contributed by atoms with Crippen molar-refractivity contribution in [3.63, 3.8) is 0 Å². The van der Waals surface area contributed by atoms with Crippen molar-refractivity contribution in [3.8, 4) is 0 Å². The molecule has 0 spiro atoms. The summed E-state index contributed by atoms with van der Waals surface area (Å²) >= 11 is 0. The predicted octanol–water partition coefficient (Wildman–Crippen LogP) is 0.318. The summed E-state index contributed by atoms with van der Waals surface area (Å²) in [6.45, 7) is 5.50. The summed E-state index contributed by atoms with van der Waals surface area (Å²) in [5.41, 5.74) is 0.793.